The lowest BCUT2D eigenvalue weighted by molar-refractivity contribution is -0.0222. The number of ether oxygens (including phenoxy) is 1. The molecule has 0 spiro atoms. The van der Waals surface area contributed by atoms with E-state index in [4.69, 9.17) is 4.74 Å². The smallest absolute Gasteiger partial charge is 0.211 e. The molecule has 17 heavy (non-hydrogen) atoms. The topological polar surface area (TPSA) is 58.6 Å². The van der Waals surface area contributed by atoms with Gasteiger partial charge in [-0.1, -0.05) is 13.3 Å². The maximum atomic E-state index is 11.5. The largest absolute Gasteiger partial charge is 0.376 e. The number of hydrogen-bond donors (Lipinski definition) is 1. The third kappa shape index (κ3) is 6.35. The molecule has 0 aromatic rings. The summed E-state index contributed by atoms with van der Waals surface area (Å²) in [6.45, 7) is 5.05. The SMILES string of the molecule is CCCCS(=O)(=O)NCCC1CN(C)CCO1. The summed E-state index contributed by atoms with van der Waals surface area (Å²) in [5.41, 5.74) is 0. The van der Waals surface area contributed by atoms with Crippen molar-refractivity contribution in [1.82, 2.24) is 9.62 Å². The third-order valence-corrected chi connectivity index (χ3v) is 4.37. The highest BCUT2D eigenvalue weighted by atomic mass is 32.2. The molecule has 102 valence electrons. The lowest BCUT2D eigenvalue weighted by Crippen LogP contribution is -2.41. The summed E-state index contributed by atoms with van der Waals surface area (Å²) in [5, 5.41) is 0. The average Bonchev–Trinajstić information content (AvgIpc) is 2.26. The zero-order chi connectivity index (χ0) is 12.7. The molecule has 0 aromatic carbocycles. The van der Waals surface area contributed by atoms with Crippen LogP contribution >= 0.6 is 0 Å². The molecule has 1 saturated heterocycles. The molecule has 0 radical (unpaired) electrons. The Morgan fingerprint density at radius 2 is 2.24 bits per heavy atom. The van der Waals surface area contributed by atoms with Crippen molar-refractivity contribution in [3.63, 3.8) is 0 Å². The number of nitrogens with one attached hydrogen (secondary N) is 1. The van der Waals surface area contributed by atoms with Gasteiger partial charge in [-0.2, -0.15) is 0 Å². The highest BCUT2D eigenvalue weighted by molar-refractivity contribution is 7.89. The second-order valence-corrected chi connectivity index (χ2v) is 6.54. The Labute approximate surface area is 105 Å². The van der Waals surface area contributed by atoms with Crippen LogP contribution in [0.3, 0.4) is 0 Å². The van der Waals surface area contributed by atoms with Gasteiger partial charge in [0, 0.05) is 19.6 Å². The minimum Gasteiger partial charge on any atom is -0.376 e. The first-order chi connectivity index (χ1) is 8.03. The monoisotopic (exact) mass is 264 g/mol. The molecule has 0 bridgehead atoms. The minimum atomic E-state index is -3.08. The molecule has 0 aromatic heterocycles. The number of unbranched alkanes of at least 4 members (excludes halogenated alkanes) is 1. The molecule has 1 unspecified atom stereocenters. The van der Waals surface area contributed by atoms with Crippen LogP contribution < -0.4 is 4.72 Å². The Hall–Kier alpha value is -0.170. The third-order valence-electron chi connectivity index (χ3n) is 2.90. The van der Waals surface area contributed by atoms with Crippen molar-refractivity contribution in [1.29, 1.82) is 0 Å². The van der Waals surface area contributed by atoms with E-state index in [9.17, 15) is 8.42 Å². The molecule has 1 N–H and O–H groups in total. The van der Waals surface area contributed by atoms with Crippen LogP contribution in [0.1, 0.15) is 26.2 Å². The van der Waals surface area contributed by atoms with Gasteiger partial charge < -0.3 is 9.64 Å². The van der Waals surface area contributed by atoms with Crippen LogP contribution in [-0.2, 0) is 14.8 Å². The predicted molar refractivity (Wildman–Crippen MR) is 68.6 cm³/mol. The van der Waals surface area contributed by atoms with E-state index in [1.165, 1.54) is 0 Å². The Kier molecular flexibility index (Phi) is 6.40. The van der Waals surface area contributed by atoms with E-state index < -0.39 is 10.0 Å². The Morgan fingerprint density at radius 1 is 1.47 bits per heavy atom. The van der Waals surface area contributed by atoms with Crippen LogP contribution in [0.15, 0.2) is 0 Å². The summed E-state index contributed by atoms with van der Waals surface area (Å²) < 4.78 is 31.3. The van der Waals surface area contributed by atoms with Gasteiger partial charge in [0.25, 0.3) is 0 Å². The van der Waals surface area contributed by atoms with Gasteiger partial charge >= 0.3 is 0 Å². The van der Waals surface area contributed by atoms with Gasteiger partial charge in [0.15, 0.2) is 0 Å². The number of rotatable bonds is 7. The molecule has 0 amide bonds. The molecule has 0 aliphatic carbocycles. The lowest BCUT2D eigenvalue weighted by Gasteiger charge is -2.30. The second-order valence-electron chi connectivity index (χ2n) is 4.61. The van der Waals surface area contributed by atoms with Crippen molar-refractivity contribution in [2.45, 2.75) is 32.3 Å². The zero-order valence-corrected chi connectivity index (χ0v) is 11.6. The van der Waals surface area contributed by atoms with Crippen LogP contribution in [-0.4, -0.2) is 58.5 Å². The number of likely N-dealkylation sites (N-methyl/N-ethyl adjacent to an activating group) is 1. The van der Waals surface area contributed by atoms with Gasteiger partial charge in [-0.3, -0.25) is 0 Å². The first-order valence-corrected chi connectivity index (χ1v) is 7.96. The summed E-state index contributed by atoms with van der Waals surface area (Å²) in [7, 11) is -1.02. The van der Waals surface area contributed by atoms with Gasteiger partial charge in [-0.15, -0.1) is 0 Å². The Balaban J connectivity index is 2.18. The van der Waals surface area contributed by atoms with Crippen LogP contribution in [0.25, 0.3) is 0 Å². The molecular formula is C11H24N2O3S. The Bertz CT molecular complexity index is 306. The quantitative estimate of drug-likeness (QED) is 0.724. The lowest BCUT2D eigenvalue weighted by atomic mass is 10.2. The highest BCUT2D eigenvalue weighted by Gasteiger charge is 2.18. The standard InChI is InChI=1S/C11H24N2O3S/c1-3-4-9-17(14,15)12-6-5-11-10-13(2)7-8-16-11/h11-12H,3-10H2,1-2H3. The van der Waals surface area contributed by atoms with E-state index in [0.717, 1.165) is 39.0 Å². The van der Waals surface area contributed by atoms with E-state index in [2.05, 4.69) is 16.7 Å². The maximum absolute atomic E-state index is 11.5. The van der Waals surface area contributed by atoms with Crippen LogP contribution in [0, 0.1) is 0 Å². The molecule has 1 heterocycles. The molecule has 5 nitrogen and oxygen atoms in total. The van der Waals surface area contributed by atoms with Crippen molar-refractivity contribution >= 4 is 10.0 Å². The first-order valence-electron chi connectivity index (χ1n) is 6.31. The second kappa shape index (κ2) is 7.31. The molecule has 1 rings (SSSR count). The van der Waals surface area contributed by atoms with Crippen molar-refractivity contribution in [2.75, 3.05) is 39.0 Å². The van der Waals surface area contributed by atoms with E-state index >= 15 is 0 Å². The van der Waals surface area contributed by atoms with Crippen molar-refractivity contribution < 1.29 is 13.2 Å². The molecule has 1 fully saturated rings. The van der Waals surface area contributed by atoms with Gasteiger partial charge in [0.2, 0.25) is 10.0 Å². The number of hydrogen-bond acceptors (Lipinski definition) is 4. The van der Waals surface area contributed by atoms with Gasteiger partial charge in [-0.05, 0) is 19.9 Å². The average molecular weight is 264 g/mol. The fourth-order valence-corrected chi connectivity index (χ4v) is 3.07. The number of nitrogens with zero attached hydrogens (tertiary/aromatic N) is 1. The molecular weight excluding hydrogens is 240 g/mol. The fraction of sp³-hybridized carbons (Fsp3) is 1.00. The highest BCUT2D eigenvalue weighted by Crippen LogP contribution is 2.06. The minimum absolute atomic E-state index is 0.155. The number of morpholine rings is 1. The summed E-state index contributed by atoms with van der Waals surface area (Å²) in [6.07, 6.45) is 2.52. The van der Waals surface area contributed by atoms with E-state index in [0.29, 0.717) is 6.54 Å². The predicted octanol–water partition coefficient (Wildman–Crippen LogP) is 0.427. The first kappa shape index (κ1) is 14.9. The molecule has 1 aliphatic heterocycles. The maximum Gasteiger partial charge on any atom is 0.211 e. The summed E-state index contributed by atoms with van der Waals surface area (Å²) in [4.78, 5) is 2.21. The van der Waals surface area contributed by atoms with Gasteiger partial charge in [0.1, 0.15) is 0 Å². The van der Waals surface area contributed by atoms with E-state index in [1.807, 2.05) is 6.92 Å². The van der Waals surface area contributed by atoms with Gasteiger partial charge in [0.05, 0.1) is 18.5 Å². The van der Waals surface area contributed by atoms with Crippen molar-refractivity contribution in [2.24, 2.45) is 0 Å². The van der Waals surface area contributed by atoms with E-state index in [-0.39, 0.29) is 11.9 Å². The van der Waals surface area contributed by atoms with Crippen molar-refractivity contribution in [3.8, 4) is 0 Å². The van der Waals surface area contributed by atoms with Crippen molar-refractivity contribution in [3.05, 3.63) is 0 Å². The summed E-state index contributed by atoms with van der Waals surface area (Å²) in [5.74, 6) is 0.231. The van der Waals surface area contributed by atoms with Gasteiger partial charge in [-0.25, -0.2) is 13.1 Å². The summed E-state index contributed by atoms with van der Waals surface area (Å²) >= 11 is 0. The zero-order valence-electron chi connectivity index (χ0n) is 10.8. The molecule has 0 saturated carbocycles. The number of sulfonamides is 1. The molecule has 6 heteroatoms. The van der Waals surface area contributed by atoms with Crippen LogP contribution in [0.5, 0.6) is 0 Å². The van der Waals surface area contributed by atoms with Crippen LogP contribution in [0.2, 0.25) is 0 Å². The normalized spacial score (nSPS) is 22.8. The van der Waals surface area contributed by atoms with Crippen LogP contribution in [0.4, 0.5) is 0 Å². The molecule has 1 aliphatic rings. The molecule has 1 atom stereocenters. The summed E-state index contributed by atoms with van der Waals surface area (Å²) in [6, 6.07) is 0. The van der Waals surface area contributed by atoms with E-state index in [1.54, 1.807) is 0 Å². The Morgan fingerprint density at radius 3 is 2.88 bits per heavy atom. The fourth-order valence-electron chi connectivity index (χ4n) is 1.82.